The number of hydrogen-bond donors (Lipinski definition) is 2. The molecule has 1 rings (SSSR count). The van der Waals surface area contributed by atoms with E-state index in [1.54, 1.807) is 0 Å². The van der Waals surface area contributed by atoms with Crippen molar-refractivity contribution in [2.24, 2.45) is 5.73 Å². The van der Waals surface area contributed by atoms with E-state index in [9.17, 15) is 5.11 Å². The van der Waals surface area contributed by atoms with Crippen molar-refractivity contribution in [3.63, 3.8) is 0 Å². The highest BCUT2D eigenvalue weighted by molar-refractivity contribution is 9.10. The van der Waals surface area contributed by atoms with Gasteiger partial charge in [0.05, 0.1) is 6.10 Å². The van der Waals surface area contributed by atoms with Gasteiger partial charge in [0.15, 0.2) is 0 Å². The zero-order valence-corrected chi connectivity index (χ0v) is 8.29. The van der Waals surface area contributed by atoms with Crippen LogP contribution in [-0.4, -0.2) is 11.7 Å². The van der Waals surface area contributed by atoms with Crippen LogP contribution in [0.3, 0.4) is 0 Å². The van der Waals surface area contributed by atoms with Gasteiger partial charge in [0.1, 0.15) is 0 Å². The molecule has 0 amide bonds. The van der Waals surface area contributed by atoms with Crippen LogP contribution in [0.1, 0.15) is 18.1 Å². The minimum atomic E-state index is -0.453. The second-order valence-corrected chi connectivity index (χ2v) is 3.47. The minimum absolute atomic E-state index is 0.453. The lowest BCUT2D eigenvalue weighted by Crippen LogP contribution is -2.06. The summed E-state index contributed by atoms with van der Waals surface area (Å²) >= 11 is 3.37. The predicted molar refractivity (Wildman–Crippen MR) is 52.8 cm³/mol. The van der Waals surface area contributed by atoms with Gasteiger partial charge in [-0.1, -0.05) is 34.1 Å². The van der Waals surface area contributed by atoms with Crippen molar-refractivity contribution in [1.29, 1.82) is 0 Å². The number of rotatable bonds is 3. The second kappa shape index (κ2) is 4.60. The summed E-state index contributed by atoms with van der Waals surface area (Å²) < 4.78 is 0.936. The molecular formula is C9H12BrNO. The Kier molecular flexibility index (Phi) is 3.72. The number of nitrogens with two attached hydrogens (primary N) is 1. The summed E-state index contributed by atoms with van der Waals surface area (Å²) in [5.74, 6) is 0. The van der Waals surface area contributed by atoms with E-state index < -0.39 is 6.10 Å². The van der Waals surface area contributed by atoms with Gasteiger partial charge in [-0.2, -0.15) is 0 Å². The van der Waals surface area contributed by atoms with E-state index in [1.807, 2.05) is 24.3 Å². The normalized spacial score (nSPS) is 12.9. The maximum Gasteiger partial charge on any atom is 0.0813 e. The van der Waals surface area contributed by atoms with Gasteiger partial charge in [0.25, 0.3) is 0 Å². The van der Waals surface area contributed by atoms with Crippen molar-refractivity contribution in [2.75, 3.05) is 6.54 Å². The molecule has 12 heavy (non-hydrogen) atoms. The third-order valence-corrected chi connectivity index (χ3v) is 2.43. The number of aliphatic hydroxyl groups excluding tert-OH is 1. The molecule has 0 saturated carbocycles. The fourth-order valence-corrected chi connectivity index (χ4v) is 1.61. The predicted octanol–water partition coefficient (Wildman–Crippen LogP) is 1.83. The van der Waals surface area contributed by atoms with E-state index in [4.69, 9.17) is 5.73 Å². The van der Waals surface area contributed by atoms with Crippen molar-refractivity contribution < 1.29 is 5.11 Å². The van der Waals surface area contributed by atoms with Gasteiger partial charge in [-0.15, -0.1) is 0 Å². The molecule has 0 heterocycles. The Bertz CT molecular complexity index is 252. The molecule has 1 aromatic carbocycles. The smallest absolute Gasteiger partial charge is 0.0813 e. The zero-order chi connectivity index (χ0) is 8.97. The van der Waals surface area contributed by atoms with Gasteiger partial charge in [-0.25, -0.2) is 0 Å². The van der Waals surface area contributed by atoms with Gasteiger partial charge in [-0.05, 0) is 24.6 Å². The first-order chi connectivity index (χ1) is 5.75. The summed E-state index contributed by atoms with van der Waals surface area (Å²) in [4.78, 5) is 0. The molecule has 0 spiro atoms. The van der Waals surface area contributed by atoms with Crippen LogP contribution in [0.2, 0.25) is 0 Å². The molecule has 66 valence electrons. The number of benzene rings is 1. The Morgan fingerprint density at radius 2 is 2.08 bits per heavy atom. The Balaban J connectivity index is 2.79. The minimum Gasteiger partial charge on any atom is -0.388 e. The third-order valence-electron chi connectivity index (χ3n) is 1.70. The van der Waals surface area contributed by atoms with Gasteiger partial charge in [0, 0.05) is 4.47 Å². The second-order valence-electron chi connectivity index (χ2n) is 2.61. The van der Waals surface area contributed by atoms with Crippen LogP contribution in [-0.2, 0) is 0 Å². The topological polar surface area (TPSA) is 46.2 Å². The van der Waals surface area contributed by atoms with E-state index in [2.05, 4.69) is 15.9 Å². The molecule has 0 aliphatic carbocycles. The maximum absolute atomic E-state index is 9.59. The van der Waals surface area contributed by atoms with Crippen molar-refractivity contribution in [2.45, 2.75) is 12.5 Å². The van der Waals surface area contributed by atoms with E-state index in [-0.39, 0.29) is 0 Å². The molecular weight excluding hydrogens is 218 g/mol. The highest BCUT2D eigenvalue weighted by atomic mass is 79.9. The van der Waals surface area contributed by atoms with Crippen molar-refractivity contribution in [1.82, 2.24) is 0 Å². The van der Waals surface area contributed by atoms with Crippen LogP contribution in [0, 0.1) is 0 Å². The Labute approximate surface area is 80.5 Å². The average Bonchev–Trinajstić information content (AvgIpc) is 2.05. The molecule has 1 atom stereocenters. The first-order valence-electron chi connectivity index (χ1n) is 3.88. The monoisotopic (exact) mass is 229 g/mol. The lowest BCUT2D eigenvalue weighted by molar-refractivity contribution is 0.169. The van der Waals surface area contributed by atoms with Crippen LogP contribution >= 0.6 is 15.9 Å². The SMILES string of the molecule is NCC[C@@H](O)c1ccccc1Br. The lowest BCUT2D eigenvalue weighted by atomic mass is 10.1. The van der Waals surface area contributed by atoms with Gasteiger partial charge in [0.2, 0.25) is 0 Å². The molecule has 2 nitrogen and oxygen atoms in total. The largest absolute Gasteiger partial charge is 0.388 e. The van der Waals surface area contributed by atoms with E-state index >= 15 is 0 Å². The fraction of sp³-hybridized carbons (Fsp3) is 0.333. The lowest BCUT2D eigenvalue weighted by Gasteiger charge is -2.10. The summed E-state index contributed by atoms with van der Waals surface area (Å²) in [6, 6.07) is 7.63. The van der Waals surface area contributed by atoms with E-state index in [0.717, 1.165) is 10.0 Å². The Morgan fingerprint density at radius 3 is 2.67 bits per heavy atom. The van der Waals surface area contributed by atoms with Crippen LogP contribution in [0.5, 0.6) is 0 Å². The van der Waals surface area contributed by atoms with E-state index in [0.29, 0.717) is 13.0 Å². The summed E-state index contributed by atoms with van der Waals surface area (Å²) in [6.07, 6.45) is 0.147. The van der Waals surface area contributed by atoms with Gasteiger partial charge < -0.3 is 10.8 Å². The number of halogens is 1. The van der Waals surface area contributed by atoms with Crippen LogP contribution < -0.4 is 5.73 Å². The van der Waals surface area contributed by atoms with Crippen LogP contribution in [0.15, 0.2) is 28.7 Å². The molecule has 3 heteroatoms. The molecule has 3 N–H and O–H groups in total. The summed E-state index contributed by atoms with van der Waals surface area (Å²) in [5.41, 5.74) is 6.25. The molecule has 0 bridgehead atoms. The number of aliphatic hydroxyl groups is 1. The molecule has 0 radical (unpaired) electrons. The molecule has 0 fully saturated rings. The van der Waals surface area contributed by atoms with Crippen LogP contribution in [0.25, 0.3) is 0 Å². The quantitative estimate of drug-likeness (QED) is 0.832. The van der Waals surface area contributed by atoms with Gasteiger partial charge in [-0.3, -0.25) is 0 Å². The zero-order valence-electron chi connectivity index (χ0n) is 6.70. The molecule has 0 saturated heterocycles. The van der Waals surface area contributed by atoms with Crippen molar-refractivity contribution in [3.05, 3.63) is 34.3 Å². The van der Waals surface area contributed by atoms with Crippen molar-refractivity contribution >= 4 is 15.9 Å². The maximum atomic E-state index is 9.59. The first kappa shape index (κ1) is 9.71. The Morgan fingerprint density at radius 1 is 1.42 bits per heavy atom. The molecule has 0 aliphatic rings. The number of hydrogen-bond acceptors (Lipinski definition) is 2. The van der Waals surface area contributed by atoms with Crippen molar-refractivity contribution in [3.8, 4) is 0 Å². The van der Waals surface area contributed by atoms with Gasteiger partial charge >= 0.3 is 0 Å². The molecule has 0 unspecified atom stereocenters. The summed E-state index contributed by atoms with van der Waals surface area (Å²) in [6.45, 7) is 0.502. The molecule has 0 aliphatic heterocycles. The average molecular weight is 230 g/mol. The summed E-state index contributed by atoms with van der Waals surface area (Å²) in [5, 5.41) is 9.59. The Hall–Kier alpha value is -0.380. The standard InChI is InChI=1S/C9H12BrNO/c10-8-4-2-1-3-7(8)9(12)5-6-11/h1-4,9,12H,5-6,11H2/t9-/m1/s1. The highest BCUT2D eigenvalue weighted by Gasteiger charge is 2.08. The first-order valence-corrected chi connectivity index (χ1v) is 4.67. The third kappa shape index (κ3) is 2.30. The summed E-state index contributed by atoms with van der Waals surface area (Å²) in [7, 11) is 0. The molecule has 1 aromatic rings. The highest BCUT2D eigenvalue weighted by Crippen LogP contribution is 2.24. The fourth-order valence-electron chi connectivity index (χ4n) is 1.06. The van der Waals surface area contributed by atoms with Crippen LogP contribution in [0.4, 0.5) is 0 Å². The molecule has 0 aromatic heterocycles. The van der Waals surface area contributed by atoms with E-state index in [1.165, 1.54) is 0 Å².